The Balaban J connectivity index is 2.42. The lowest BCUT2D eigenvalue weighted by Crippen LogP contribution is -2.40. The Bertz CT molecular complexity index is 416. The third-order valence-electron chi connectivity index (χ3n) is 2.63. The third kappa shape index (κ3) is 4.08. The van der Waals surface area contributed by atoms with Crippen LogP contribution in [0.1, 0.15) is 24.6 Å². The van der Waals surface area contributed by atoms with E-state index in [0.717, 1.165) is 11.3 Å². The number of aliphatic carboxylic acids is 1. The molecule has 2 amide bonds. The molecule has 0 fully saturated rings. The Morgan fingerprint density at radius 3 is 2.78 bits per heavy atom. The smallest absolute Gasteiger partial charge is 0.317 e. The summed E-state index contributed by atoms with van der Waals surface area (Å²) >= 11 is 0. The third-order valence-corrected chi connectivity index (χ3v) is 2.63. The molecule has 0 bridgehead atoms. The minimum Gasteiger partial charge on any atom is -0.481 e. The minimum atomic E-state index is -0.910. The van der Waals surface area contributed by atoms with Crippen molar-refractivity contribution in [2.45, 2.75) is 26.8 Å². The van der Waals surface area contributed by atoms with Gasteiger partial charge in [-0.05, 0) is 13.8 Å². The van der Waals surface area contributed by atoms with E-state index in [0.29, 0.717) is 13.1 Å². The number of aryl methyl sites for hydroxylation is 1. The number of carboxylic acid groups (broad SMARTS) is 1. The van der Waals surface area contributed by atoms with Gasteiger partial charge in [0.1, 0.15) is 0 Å². The van der Waals surface area contributed by atoms with Crippen LogP contribution < -0.4 is 5.32 Å². The van der Waals surface area contributed by atoms with Gasteiger partial charge in [-0.15, -0.1) is 0 Å². The lowest BCUT2D eigenvalue weighted by Gasteiger charge is -2.20. The molecular formula is C11H18N4O3. The van der Waals surface area contributed by atoms with Crippen LogP contribution in [0.5, 0.6) is 0 Å². The average Bonchev–Trinajstić information content (AvgIpc) is 2.72. The number of H-pyrrole nitrogens is 1. The van der Waals surface area contributed by atoms with Crippen LogP contribution in [0.25, 0.3) is 0 Å². The number of amides is 2. The number of hydrogen-bond acceptors (Lipinski definition) is 3. The van der Waals surface area contributed by atoms with Gasteiger partial charge in [-0.3, -0.25) is 9.89 Å². The first-order valence-corrected chi connectivity index (χ1v) is 5.78. The zero-order valence-corrected chi connectivity index (χ0v) is 10.6. The van der Waals surface area contributed by atoms with Crippen molar-refractivity contribution < 1.29 is 14.7 Å². The van der Waals surface area contributed by atoms with Crippen LogP contribution in [0.15, 0.2) is 6.20 Å². The van der Waals surface area contributed by atoms with Crippen LogP contribution in [0, 0.1) is 6.92 Å². The molecule has 0 aliphatic carbocycles. The van der Waals surface area contributed by atoms with Gasteiger partial charge in [0, 0.05) is 30.9 Å². The standard InChI is InChI=1S/C11H18N4O3/c1-3-15(5-4-10(16)17)11(18)12-6-9-7-13-14-8(9)2/h7H,3-6H2,1-2H3,(H,12,18)(H,13,14)(H,16,17). The number of nitrogens with zero attached hydrogens (tertiary/aromatic N) is 2. The predicted octanol–water partition coefficient (Wildman–Crippen LogP) is 0.724. The fourth-order valence-electron chi connectivity index (χ4n) is 1.47. The van der Waals surface area contributed by atoms with Crippen molar-refractivity contribution >= 4 is 12.0 Å². The molecule has 3 N–H and O–H groups in total. The molecule has 7 nitrogen and oxygen atoms in total. The van der Waals surface area contributed by atoms with Crippen molar-refractivity contribution in [3.05, 3.63) is 17.5 Å². The van der Waals surface area contributed by atoms with Crippen LogP contribution in [-0.2, 0) is 11.3 Å². The quantitative estimate of drug-likeness (QED) is 0.696. The highest BCUT2D eigenvalue weighted by Crippen LogP contribution is 2.02. The minimum absolute atomic E-state index is 0.0496. The van der Waals surface area contributed by atoms with E-state index in [2.05, 4.69) is 15.5 Å². The molecule has 0 atom stereocenters. The second-order valence-corrected chi connectivity index (χ2v) is 3.90. The first-order valence-electron chi connectivity index (χ1n) is 5.78. The molecule has 0 unspecified atom stereocenters. The summed E-state index contributed by atoms with van der Waals surface area (Å²) in [6, 6.07) is -0.264. The maximum absolute atomic E-state index is 11.8. The van der Waals surface area contributed by atoms with Gasteiger partial charge in [0.25, 0.3) is 0 Å². The highest BCUT2D eigenvalue weighted by Gasteiger charge is 2.13. The Kier molecular flexibility index (Phi) is 5.16. The molecule has 18 heavy (non-hydrogen) atoms. The van der Waals surface area contributed by atoms with Crippen LogP contribution in [-0.4, -0.2) is 45.3 Å². The summed E-state index contributed by atoms with van der Waals surface area (Å²) in [5, 5.41) is 18.0. The van der Waals surface area contributed by atoms with E-state index in [1.54, 1.807) is 6.20 Å². The number of rotatable bonds is 6. The van der Waals surface area contributed by atoms with E-state index in [-0.39, 0.29) is 19.0 Å². The molecular weight excluding hydrogens is 236 g/mol. The summed E-state index contributed by atoms with van der Waals surface area (Å²) in [6.45, 7) is 4.75. The summed E-state index contributed by atoms with van der Waals surface area (Å²) in [4.78, 5) is 23.7. The molecule has 0 radical (unpaired) electrons. The lowest BCUT2D eigenvalue weighted by atomic mass is 10.3. The molecule has 1 aromatic rings. The SMILES string of the molecule is CCN(CCC(=O)O)C(=O)NCc1cn[nH]c1C. The van der Waals surface area contributed by atoms with Crippen LogP contribution in [0.2, 0.25) is 0 Å². The first kappa shape index (κ1) is 14.0. The van der Waals surface area contributed by atoms with Gasteiger partial charge in [-0.2, -0.15) is 5.10 Å². The zero-order valence-electron chi connectivity index (χ0n) is 10.6. The maximum atomic E-state index is 11.8. The van der Waals surface area contributed by atoms with Gasteiger partial charge >= 0.3 is 12.0 Å². The van der Waals surface area contributed by atoms with Crippen LogP contribution >= 0.6 is 0 Å². The fourth-order valence-corrected chi connectivity index (χ4v) is 1.47. The number of hydrogen-bond donors (Lipinski definition) is 3. The maximum Gasteiger partial charge on any atom is 0.317 e. The van der Waals surface area contributed by atoms with Gasteiger partial charge in [-0.1, -0.05) is 0 Å². The first-order chi connectivity index (χ1) is 8.54. The van der Waals surface area contributed by atoms with E-state index >= 15 is 0 Å². The summed E-state index contributed by atoms with van der Waals surface area (Å²) < 4.78 is 0. The number of urea groups is 1. The van der Waals surface area contributed by atoms with E-state index in [9.17, 15) is 9.59 Å². The van der Waals surface area contributed by atoms with Crippen molar-refractivity contribution in [2.24, 2.45) is 0 Å². The Morgan fingerprint density at radius 1 is 1.56 bits per heavy atom. The monoisotopic (exact) mass is 254 g/mol. The molecule has 7 heteroatoms. The van der Waals surface area contributed by atoms with Crippen molar-refractivity contribution in [1.82, 2.24) is 20.4 Å². The summed E-state index contributed by atoms with van der Waals surface area (Å²) in [5.74, 6) is -0.910. The predicted molar refractivity (Wildman–Crippen MR) is 65.1 cm³/mol. The van der Waals surface area contributed by atoms with Crippen molar-refractivity contribution in [3.8, 4) is 0 Å². The largest absolute Gasteiger partial charge is 0.481 e. The number of aromatic amines is 1. The van der Waals surface area contributed by atoms with E-state index in [1.807, 2.05) is 13.8 Å². The van der Waals surface area contributed by atoms with Gasteiger partial charge in [-0.25, -0.2) is 4.79 Å². The van der Waals surface area contributed by atoms with E-state index < -0.39 is 5.97 Å². The van der Waals surface area contributed by atoms with Gasteiger partial charge in [0.15, 0.2) is 0 Å². The summed E-state index contributed by atoms with van der Waals surface area (Å²) in [6.07, 6.45) is 1.61. The molecule has 0 aliphatic heterocycles. The van der Waals surface area contributed by atoms with Gasteiger partial charge in [0.2, 0.25) is 0 Å². The molecule has 0 spiro atoms. The number of aromatic nitrogens is 2. The van der Waals surface area contributed by atoms with Crippen LogP contribution in [0.3, 0.4) is 0 Å². The topological polar surface area (TPSA) is 98.3 Å². The Hall–Kier alpha value is -2.05. The second-order valence-electron chi connectivity index (χ2n) is 3.90. The molecule has 100 valence electrons. The van der Waals surface area contributed by atoms with Gasteiger partial charge < -0.3 is 15.3 Å². The second kappa shape index (κ2) is 6.63. The highest BCUT2D eigenvalue weighted by atomic mass is 16.4. The van der Waals surface area contributed by atoms with Crippen molar-refractivity contribution in [1.29, 1.82) is 0 Å². The molecule has 0 saturated heterocycles. The fraction of sp³-hybridized carbons (Fsp3) is 0.545. The van der Waals surface area contributed by atoms with Gasteiger partial charge in [0.05, 0.1) is 12.6 Å². The average molecular weight is 254 g/mol. The number of carbonyl (C=O) groups is 2. The molecule has 0 aromatic carbocycles. The molecule has 0 saturated carbocycles. The number of carbonyl (C=O) groups excluding carboxylic acids is 1. The van der Waals surface area contributed by atoms with E-state index in [1.165, 1.54) is 4.90 Å². The van der Waals surface area contributed by atoms with Crippen molar-refractivity contribution in [3.63, 3.8) is 0 Å². The molecule has 1 heterocycles. The lowest BCUT2D eigenvalue weighted by molar-refractivity contribution is -0.137. The molecule has 1 aromatic heterocycles. The summed E-state index contributed by atoms with van der Waals surface area (Å²) in [5.41, 5.74) is 1.82. The Morgan fingerprint density at radius 2 is 2.28 bits per heavy atom. The highest BCUT2D eigenvalue weighted by molar-refractivity contribution is 5.75. The van der Waals surface area contributed by atoms with Crippen molar-refractivity contribution in [2.75, 3.05) is 13.1 Å². The molecule has 1 rings (SSSR count). The summed E-state index contributed by atoms with van der Waals surface area (Å²) in [7, 11) is 0. The normalized spacial score (nSPS) is 10.1. The number of carboxylic acids is 1. The molecule has 0 aliphatic rings. The number of nitrogens with one attached hydrogen (secondary N) is 2. The van der Waals surface area contributed by atoms with E-state index in [4.69, 9.17) is 5.11 Å². The van der Waals surface area contributed by atoms with Crippen LogP contribution in [0.4, 0.5) is 4.79 Å². The Labute approximate surface area is 105 Å². The zero-order chi connectivity index (χ0) is 13.5.